The number of hydrazone groups is 1. The smallest absolute Gasteiger partial charge is 0.267 e. The van der Waals surface area contributed by atoms with Gasteiger partial charge in [-0.3, -0.25) is 9.78 Å². The summed E-state index contributed by atoms with van der Waals surface area (Å²) in [6.45, 7) is 1.80. The third-order valence-corrected chi connectivity index (χ3v) is 4.11. The molecule has 6 nitrogen and oxygen atoms in total. The summed E-state index contributed by atoms with van der Waals surface area (Å²) in [5.41, 5.74) is 4.82. The number of carbonyl (C=O) groups is 1. The minimum atomic E-state index is -0.342. The summed E-state index contributed by atoms with van der Waals surface area (Å²) in [7, 11) is 0. The van der Waals surface area contributed by atoms with Crippen LogP contribution in [0.1, 0.15) is 21.6 Å². The van der Waals surface area contributed by atoms with Gasteiger partial charge in [-0.15, -0.1) is 0 Å². The summed E-state index contributed by atoms with van der Waals surface area (Å²) in [5.74, 6) is -0.342. The van der Waals surface area contributed by atoms with Gasteiger partial charge in [-0.25, -0.2) is 10.1 Å². The standard InChI is InChI=1S/C17H13Cl2N5O/c1-11-13(10-21-22-17(25)12-6-8-20-9-7-12)16(19)24(23-11)15-5-3-2-4-14(15)18/h2-10H,1H3,(H,22,25)/b21-10-. The van der Waals surface area contributed by atoms with E-state index in [0.717, 1.165) is 0 Å². The van der Waals surface area contributed by atoms with Crippen molar-refractivity contribution in [1.29, 1.82) is 0 Å². The highest BCUT2D eigenvalue weighted by molar-refractivity contribution is 6.34. The molecule has 3 aromatic rings. The van der Waals surface area contributed by atoms with E-state index in [4.69, 9.17) is 23.2 Å². The molecule has 1 aromatic carbocycles. The van der Waals surface area contributed by atoms with Crippen LogP contribution in [0.4, 0.5) is 0 Å². The molecule has 3 rings (SSSR count). The lowest BCUT2D eigenvalue weighted by molar-refractivity contribution is 0.0955. The molecule has 0 aliphatic carbocycles. The molecule has 126 valence electrons. The van der Waals surface area contributed by atoms with Crippen molar-refractivity contribution in [2.75, 3.05) is 0 Å². The van der Waals surface area contributed by atoms with E-state index in [-0.39, 0.29) is 5.91 Å². The molecule has 0 spiro atoms. The second-order valence-electron chi connectivity index (χ2n) is 5.09. The van der Waals surface area contributed by atoms with Gasteiger partial charge in [0.25, 0.3) is 5.91 Å². The number of nitrogens with one attached hydrogen (secondary N) is 1. The van der Waals surface area contributed by atoms with Crippen LogP contribution in [-0.2, 0) is 0 Å². The Bertz CT molecular complexity index is 937. The van der Waals surface area contributed by atoms with Crippen LogP contribution >= 0.6 is 23.2 Å². The zero-order valence-electron chi connectivity index (χ0n) is 13.1. The largest absolute Gasteiger partial charge is 0.271 e. The predicted octanol–water partition coefficient (Wildman–Crippen LogP) is 3.65. The molecule has 0 saturated heterocycles. The molecule has 0 saturated carbocycles. The predicted molar refractivity (Wildman–Crippen MR) is 97.6 cm³/mol. The topological polar surface area (TPSA) is 72.2 Å². The van der Waals surface area contributed by atoms with Crippen LogP contribution in [0.3, 0.4) is 0 Å². The second-order valence-corrected chi connectivity index (χ2v) is 5.85. The third-order valence-electron chi connectivity index (χ3n) is 3.43. The van der Waals surface area contributed by atoms with Crippen LogP contribution < -0.4 is 5.43 Å². The van der Waals surface area contributed by atoms with Gasteiger partial charge in [-0.1, -0.05) is 35.3 Å². The van der Waals surface area contributed by atoms with Gasteiger partial charge in [0, 0.05) is 18.0 Å². The van der Waals surface area contributed by atoms with Crippen molar-refractivity contribution in [3.63, 3.8) is 0 Å². The molecule has 1 N–H and O–H groups in total. The maximum Gasteiger partial charge on any atom is 0.271 e. The molecule has 0 aliphatic heterocycles. The fraction of sp³-hybridized carbons (Fsp3) is 0.0588. The summed E-state index contributed by atoms with van der Waals surface area (Å²) < 4.78 is 1.53. The first-order valence-electron chi connectivity index (χ1n) is 7.31. The Hall–Kier alpha value is -2.70. The number of nitrogens with zero attached hydrogens (tertiary/aromatic N) is 4. The summed E-state index contributed by atoms with van der Waals surface area (Å²) in [6.07, 6.45) is 4.53. The number of carbonyl (C=O) groups excluding carboxylic acids is 1. The SMILES string of the molecule is Cc1nn(-c2ccccc2Cl)c(Cl)c1/C=N\NC(=O)c1ccncc1. The minimum absolute atomic E-state index is 0.342. The quantitative estimate of drug-likeness (QED) is 0.560. The van der Waals surface area contributed by atoms with Crippen molar-refractivity contribution in [2.24, 2.45) is 5.10 Å². The van der Waals surface area contributed by atoms with Crippen LogP contribution in [-0.4, -0.2) is 26.9 Å². The number of amides is 1. The highest BCUT2D eigenvalue weighted by atomic mass is 35.5. The number of hydrogen-bond acceptors (Lipinski definition) is 4. The van der Waals surface area contributed by atoms with Crippen LogP contribution in [0.2, 0.25) is 10.2 Å². The lowest BCUT2D eigenvalue weighted by Gasteiger charge is -2.04. The number of para-hydroxylation sites is 1. The van der Waals surface area contributed by atoms with Gasteiger partial charge in [0.1, 0.15) is 5.15 Å². The van der Waals surface area contributed by atoms with E-state index in [1.54, 1.807) is 25.1 Å². The lowest BCUT2D eigenvalue weighted by atomic mass is 10.2. The van der Waals surface area contributed by atoms with Gasteiger partial charge < -0.3 is 0 Å². The Kier molecular flexibility index (Phi) is 5.11. The number of halogens is 2. The van der Waals surface area contributed by atoms with Crippen LogP contribution in [0.5, 0.6) is 0 Å². The maximum absolute atomic E-state index is 12.0. The molecular formula is C17H13Cl2N5O. The molecule has 1 amide bonds. The molecule has 2 aromatic heterocycles. The first-order valence-corrected chi connectivity index (χ1v) is 8.07. The van der Waals surface area contributed by atoms with Gasteiger partial charge in [0.15, 0.2) is 0 Å². The Balaban J connectivity index is 1.82. The average Bonchev–Trinajstić information content (AvgIpc) is 2.91. The summed E-state index contributed by atoms with van der Waals surface area (Å²) in [6, 6.07) is 10.4. The number of aromatic nitrogens is 3. The first kappa shape index (κ1) is 17.1. The minimum Gasteiger partial charge on any atom is -0.267 e. The fourth-order valence-corrected chi connectivity index (χ4v) is 2.69. The lowest BCUT2D eigenvalue weighted by Crippen LogP contribution is -2.17. The number of aryl methyl sites for hydroxylation is 1. The van der Waals surface area contributed by atoms with E-state index in [0.29, 0.717) is 32.7 Å². The number of hydrogen-bond donors (Lipinski definition) is 1. The highest BCUT2D eigenvalue weighted by Crippen LogP contribution is 2.26. The molecule has 0 radical (unpaired) electrons. The van der Waals surface area contributed by atoms with Crippen molar-refractivity contribution in [3.8, 4) is 5.69 Å². The Morgan fingerprint density at radius 2 is 1.92 bits per heavy atom. The molecule has 0 atom stereocenters. The normalized spacial score (nSPS) is 11.0. The zero-order valence-corrected chi connectivity index (χ0v) is 14.7. The maximum atomic E-state index is 12.0. The third kappa shape index (κ3) is 3.70. The molecule has 0 fully saturated rings. The number of pyridine rings is 1. The van der Waals surface area contributed by atoms with E-state index < -0.39 is 0 Å². The average molecular weight is 374 g/mol. The van der Waals surface area contributed by atoms with Crippen LogP contribution in [0.15, 0.2) is 53.9 Å². The Morgan fingerprint density at radius 1 is 1.20 bits per heavy atom. The zero-order chi connectivity index (χ0) is 17.8. The monoisotopic (exact) mass is 373 g/mol. The van der Waals surface area contributed by atoms with E-state index >= 15 is 0 Å². The molecule has 25 heavy (non-hydrogen) atoms. The van der Waals surface area contributed by atoms with E-state index in [2.05, 4.69) is 20.6 Å². The van der Waals surface area contributed by atoms with Crippen LogP contribution in [0.25, 0.3) is 5.69 Å². The highest BCUT2D eigenvalue weighted by Gasteiger charge is 2.15. The van der Waals surface area contributed by atoms with Gasteiger partial charge in [-0.05, 0) is 31.2 Å². The van der Waals surface area contributed by atoms with Gasteiger partial charge in [0.05, 0.1) is 28.2 Å². The molecular weight excluding hydrogens is 361 g/mol. The van der Waals surface area contributed by atoms with Crippen molar-refractivity contribution in [2.45, 2.75) is 6.92 Å². The van der Waals surface area contributed by atoms with E-state index in [1.807, 2.05) is 18.2 Å². The second kappa shape index (κ2) is 7.46. The molecule has 0 unspecified atom stereocenters. The van der Waals surface area contributed by atoms with Gasteiger partial charge in [0.2, 0.25) is 0 Å². The number of rotatable bonds is 4. The summed E-state index contributed by atoms with van der Waals surface area (Å²) >= 11 is 12.6. The Labute approximate surface area is 154 Å². The van der Waals surface area contributed by atoms with E-state index in [1.165, 1.54) is 23.3 Å². The van der Waals surface area contributed by atoms with Crippen molar-refractivity contribution < 1.29 is 4.79 Å². The summed E-state index contributed by atoms with van der Waals surface area (Å²) in [5, 5.41) is 9.22. The first-order chi connectivity index (χ1) is 12.1. The molecule has 0 bridgehead atoms. The Morgan fingerprint density at radius 3 is 2.64 bits per heavy atom. The molecule has 8 heteroatoms. The number of benzene rings is 1. The fourth-order valence-electron chi connectivity index (χ4n) is 2.16. The molecule has 2 heterocycles. The van der Waals surface area contributed by atoms with Crippen molar-refractivity contribution >= 4 is 35.3 Å². The van der Waals surface area contributed by atoms with E-state index in [9.17, 15) is 4.79 Å². The van der Waals surface area contributed by atoms with Gasteiger partial charge >= 0.3 is 0 Å². The van der Waals surface area contributed by atoms with Crippen molar-refractivity contribution in [1.82, 2.24) is 20.2 Å². The van der Waals surface area contributed by atoms with Crippen LogP contribution in [0, 0.1) is 6.92 Å². The molecule has 0 aliphatic rings. The van der Waals surface area contributed by atoms with Gasteiger partial charge in [-0.2, -0.15) is 10.2 Å². The summed E-state index contributed by atoms with van der Waals surface area (Å²) in [4.78, 5) is 15.8. The van der Waals surface area contributed by atoms with Crippen molar-refractivity contribution in [3.05, 3.63) is 75.8 Å².